The zero-order chi connectivity index (χ0) is 15.6. The minimum absolute atomic E-state index is 0.127. The fourth-order valence-electron chi connectivity index (χ4n) is 4.05. The van der Waals surface area contributed by atoms with Crippen LogP contribution in [-0.2, 0) is 12.8 Å². The largest absolute Gasteiger partial charge is 0.292 e. The van der Waals surface area contributed by atoms with E-state index in [4.69, 9.17) is 0 Å². The molecular formula is C21H23NO. The Morgan fingerprint density at radius 1 is 0.870 bits per heavy atom. The van der Waals surface area contributed by atoms with Crippen LogP contribution in [0.4, 0.5) is 0 Å². The maximum absolute atomic E-state index is 13.3. The number of ketones is 1. The molecule has 1 saturated heterocycles. The minimum atomic E-state index is -0.127. The second kappa shape index (κ2) is 6.29. The molecule has 2 aliphatic rings. The summed E-state index contributed by atoms with van der Waals surface area (Å²) in [7, 11) is 0. The molecule has 2 aromatic rings. The summed E-state index contributed by atoms with van der Waals surface area (Å²) >= 11 is 0. The highest BCUT2D eigenvalue weighted by atomic mass is 16.1. The Morgan fingerprint density at radius 2 is 1.61 bits per heavy atom. The Kier molecular flexibility index (Phi) is 4.00. The molecule has 1 fully saturated rings. The van der Waals surface area contributed by atoms with Crippen LogP contribution in [0.5, 0.6) is 0 Å². The van der Waals surface area contributed by atoms with E-state index in [2.05, 4.69) is 29.2 Å². The molecule has 0 amide bonds. The van der Waals surface area contributed by atoms with Gasteiger partial charge in [-0.3, -0.25) is 9.69 Å². The zero-order valence-electron chi connectivity index (χ0n) is 13.5. The third kappa shape index (κ3) is 2.84. The first kappa shape index (κ1) is 14.6. The number of hydrogen-bond donors (Lipinski definition) is 0. The Morgan fingerprint density at radius 3 is 2.39 bits per heavy atom. The summed E-state index contributed by atoms with van der Waals surface area (Å²) in [5.74, 6) is 0.257. The van der Waals surface area contributed by atoms with Crippen LogP contribution in [0.1, 0.15) is 52.4 Å². The lowest BCUT2D eigenvalue weighted by Crippen LogP contribution is -2.32. The van der Waals surface area contributed by atoms with Gasteiger partial charge in [0.2, 0.25) is 0 Å². The lowest BCUT2D eigenvalue weighted by molar-refractivity contribution is 0.0848. The van der Waals surface area contributed by atoms with Crippen LogP contribution in [0.25, 0.3) is 0 Å². The first-order valence-corrected chi connectivity index (χ1v) is 8.78. The molecule has 0 saturated carbocycles. The molecule has 2 nitrogen and oxygen atoms in total. The predicted octanol–water partition coefficient (Wildman–Crippen LogP) is 4.20. The van der Waals surface area contributed by atoms with E-state index in [0.29, 0.717) is 0 Å². The molecule has 0 spiro atoms. The van der Waals surface area contributed by atoms with Crippen molar-refractivity contribution in [2.45, 2.75) is 38.1 Å². The standard InChI is InChI=1S/C21H23NO/c23-21(19-12-11-16-9-6-10-18(16)15-19)20(22-13-4-5-14-22)17-7-2-1-3-8-17/h1-3,7-8,11-12,15,20H,4-6,9-10,13-14H2. The predicted molar refractivity (Wildman–Crippen MR) is 92.8 cm³/mol. The van der Waals surface area contributed by atoms with Crippen molar-refractivity contribution in [3.63, 3.8) is 0 Å². The lowest BCUT2D eigenvalue weighted by Gasteiger charge is -2.27. The Balaban J connectivity index is 1.69. The molecule has 1 aliphatic carbocycles. The topological polar surface area (TPSA) is 20.3 Å². The van der Waals surface area contributed by atoms with E-state index >= 15 is 0 Å². The van der Waals surface area contributed by atoms with Crippen LogP contribution in [0.2, 0.25) is 0 Å². The second-order valence-electron chi connectivity index (χ2n) is 6.76. The van der Waals surface area contributed by atoms with Gasteiger partial charge in [0.1, 0.15) is 0 Å². The molecule has 0 N–H and O–H groups in total. The molecule has 0 radical (unpaired) electrons. The lowest BCUT2D eigenvalue weighted by atomic mass is 9.94. The second-order valence-corrected chi connectivity index (χ2v) is 6.76. The SMILES string of the molecule is O=C(c1ccc2c(c1)CCC2)C(c1ccccc1)N1CCCC1. The van der Waals surface area contributed by atoms with Gasteiger partial charge in [-0.05, 0) is 68.0 Å². The maximum Gasteiger partial charge on any atom is 0.184 e. The Labute approximate surface area is 138 Å². The highest BCUT2D eigenvalue weighted by Crippen LogP contribution is 2.30. The smallest absolute Gasteiger partial charge is 0.184 e. The summed E-state index contributed by atoms with van der Waals surface area (Å²) in [6, 6.07) is 16.5. The molecule has 0 bridgehead atoms. The maximum atomic E-state index is 13.3. The van der Waals surface area contributed by atoms with Gasteiger partial charge in [0, 0.05) is 5.56 Å². The first-order valence-electron chi connectivity index (χ1n) is 8.78. The van der Waals surface area contributed by atoms with Gasteiger partial charge in [-0.2, -0.15) is 0 Å². The average molecular weight is 305 g/mol. The highest BCUT2D eigenvalue weighted by molar-refractivity contribution is 6.01. The van der Waals surface area contributed by atoms with Crippen molar-refractivity contribution < 1.29 is 4.79 Å². The van der Waals surface area contributed by atoms with E-state index < -0.39 is 0 Å². The number of rotatable bonds is 4. The number of nitrogens with zero attached hydrogens (tertiary/aromatic N) is 1. The Bertz CT molecular complexity index is 701. The monoisotopic (exact) mass is 305 g/mol. The third-order valence-electron chi connectivity index (χ3n) is 5.25. The molecule has 0 aromatic heterocycles. The number of carbonyl (C=O) groups excluding carboxylic acids is 1. The van der Waals surface area contributed by atoms with Crippen molar-refractivity contribution in [3.05, 3.63) is 70.8 Å². The van der Waals surface area contributed by atoms with Gasteiger partial charge < -0.3 is 0 Å². The van der Waals surface area contributed by atoms with E-state index in [-0.39, 0.29) is 11.8 Å². The van der Waals surface area contributed by atoms with E-state index in [1.165, 1.54) is 30.4 Å². The third-order valence-corrected chi connectivity index (χ3v) is 5.25. The molecule has 1 heterocycles. The molecule has 2 aromatic carbocycles. The average Bonchev–Trinajstić information content (AvgIpc) is 3.27. The van der Waals surface area contributed by atoms with Crippen LogP contribution in [0.3, 0.4) is 0 Å². The summed E-state index contributed by atoms with van der Waals surface area (Å²) in [5.41, 5.74) is 4.81. The van der Waals surface area contributed by atoms with Gasteiger partial charge in [-0.1, -0.05) is 42.5 Å². The van der Waals surface area contributed by atoms with Gasteiger partial charge in [-0.25, -0.2) is 0 Å². The number of Topliss-reactive ketones (excluding diaryl/α,β-unsaturated/α-hetero) is 1. The van der Waals surface area contributed by atoms with E-state index in [0.717, 1.165) is 37.1 Å². The molecule has 1 atom stereocenters. The molecule has 1 unspecified atom stereocenters. The highest BCUT2D eigenvalue weighted by Gasteiger charge is 2.30. The van der Waals surface area contributed by atoms with Crippen molar-refractivity contribution >= 4 is 5.78 Å². The van der Waals surface area contributed by atoms with Crippen LogP contribution < -0.4 is 0 Å². The quantitative estimate of drug-likeness (QED) is 0.789. The first-order chi connectivity index (χ1) is 11.3. The zero-order valence-corrected chi connectivity index (χ0v) is 13.5. The van der Waals surface area contributed by atoms with Crippen molar-refractivity contribution in [2.75, 3.05) is 13.1 Å². The fourth-order valence-corrected chi connectivity index (χ4v) is 4.05. The van der Waals surface area contributed by atoms with E-state index in [1.807, 2.05) is 24.3 Å². The number of hydrogen-bond acceptors (Lipinski definition) is 2. The fraction of sp³-hybridized carbons (Fsp3) is 0.381. The summed E-state index contributed by atoms with van der Waals surface area (Å²) in [4.78, 5) is 15.6. The molecular weight excluding hydrogens is 282 g/mol. The molecule has 2 heteroatoms. The van der Waals surface area contributed by atoms with E-state index in [9.17, 15) is 4.79 Å². The number of aryl methyl sites for hydroxylation is 2. The number of likely N-dealkylation sites (tertiary alicyclic amines) is 1. The van der Waals surface area contributed by atoms with Gasteiger partial charge in [0.25, 0.3) is 0 Å². The van der Waals surface area contributed by atoms with Crippen LogP contribution >= 0.6 is 0 Å². The van der Waals surface area contributed by atoms with Crippen molar-refractivity contribution in [1.29, 1.82) is 0 Å². The van der Waals surface area contributed by atoms with Crippen LogP contribution in [0.15, 0.2) is 48.5 Å². The summed E-state index contributed by atoms with van der Waals surface area (Å²) in [5, 5.41) is 0. The molecule has 1 aliphatic heterocycles. The normalized spacial score (nSPS) is 18.8. The molecule has 23 heavy (non-hydrogen) atoms. The van der Waals surface area contributed by atoms with Crippen LogP contribution in [-0.4, -0.2) is 23.8 Å². The van der Waals surface area contributed by atoms with Gasteiger partial charge in [0.15, 0.2) is 5.78 Å². The summed E-state index contributed by atoms with van der Waals surface area (Å²) in [6.07, 6.45) is 5.90. The number of benzene rings is 2. The summed E-state index contributed by atoms with van der Waals surface area (Å²) < 4.78 is 0. The van der Waals surface area contributed by atoms with Crippen molar-refractivity contribution in [2.24, 2.45) is 0 Å². The summed E-state index contributed by atoms with van der Waals surface area (Å²) in [6.45, 7) is 2.05. The number of fused-ring (bicyclic) bond motifs is 1. The number of carbonyl (C=O) groups is 1. The van der Waals surface area contributed by atoms with Crippen LogP contribution in [0, 0.1) is 0 Å². The van der Waals surface area contributed by atoms with Gasteiger partial charge in [0.05, 0.1) is 6.04 Å². The van der Waals surface area contributed by atoms with Crippen molar-refractivity contribution in [3.8, 4) is 0 Å². The molecule has 118 valence electrons. The molecule has 4 rings (SSSR count). The van der Waals surface area contributed by atoms with E-state index in [1.54, 1.807) is 0 Å². The van der Waals surface area contributed by atoms with Crippen molar-refractivity contribution in [1.82, 2.24) is 4.90 Å². The Hall–Kier alpha value is -1.93. The van der Waals surface area contributed by atoms with Gasteiger partial charge >= 0.3 is 0 Å². The minimum Gasteiger partial charge on any atom is -0.292 e. The van der Waals surface area contributed by atoms with Gasteiger partial charge in [-0.15, -0.1) is 0 Å².